The van der Waals surface area contributed by atoms with E-state index in [1.54, 1.807) is 18.4 Å². The van der Waals surface area contributed by atoms with Crippen molar-refractivity contribution in [2.45, 2.75) is 25.9 Å². The summed E-state index contributed by atoms with van der Waals surface area (Å²) >= 11 is 7.10. The van der Waals surface area contributed by atoms with Gasteiger partial charge in [-0.2, -0.15) is 0 Å². The van der Waals surface area contributed by atoms with Crippen molar-refractivity contribution in [1.29, 1.82) is 0 Å². The van der Waals surface area contributed by atoms with Gasteiger partial charge in [0.15, 0.2) is 0 Å². The van der Waals surface area contributed by atoms with Crippen LogP contribution in [-0.2, 0) is 0 Å². The van der Waals surface area contributed by atoms with E-state index in [4.69, 9.17) is 11.6 Å². The predicted octanol–water partition coefficient (Wildman–Crippen LogP) is 2.29. The van der Waals surface area contributed by atoms with Crippen LogP contribution in [0.2, 0.25) is 5.02 Å². The van der Waals surface area contributed by atoms with E-state index in [1.165, 1.54) is 11.3 Å². The summed E-state index contributed by atoms with van der Waals surface area (Å²) in [7, 11) is 0. The molecular weight excluding hydrogens is 234 g/mol. The van der Waals surface area contributed by atoms with Crippen molar-refractivity contribution < 1.29 is 9.90 Å². The van der Waals surface area contributed by atoms with E-state index in [0.29, 0.717) is 16.3 Å². The second-order valence-electron chi connectivity index (χ2n) is 3.63. The minimum atomic E-state index is -0.862. The summed E-state index contributed by atoms with van der Waals surface area (Å²) < 4.78 is 0. The SMILES string of the molecule is CCC(C)(O)CNC(=O)c1sccc1Cl. The molecule has 0 aliphatic rings. The molecular formula is C10H14ClNO2S. The average molecular weight is 248 g/mol. The highest BCUT2D eigenvalue weighted by atomic mass is 35.5. The molecule has 2 N–H and O–H groups in total. The molecule has 1 aromatic rings. The summed E-state index contributed by atoms with van der Waals surface area (Å²) in [5.74, 6) is -0.233. The Hall–Kier alpha value is -0.580. The third-order valence-electron chi connectivity index (χ3n) is 2.21. The first kappa shape index (κ1) is 12.5. The first-order chi connectivity index (χ1) is 6.96. The number of nitrogens with one attached hydrogen (secondary N) is 1. The molecule has 0 saturated heterocycles. The average Bonchev–Trinajstić information content (AvgIpc) is 2.61. The Kier molecular flexibility index (Phi) is 4.13. The summed E-state index contributed by atoms with van der Waals surface area (Å²) in [6.45, 7) is 3.78. The molecule has 5 heteroatoms. The second kappa shape index (κ2) is 4.96. The lowest BCUT2D eigenvalue weighted by molar-refractivity contribution is 0.0519. The molecule has 3 nitrogen and oxygen atoms in total. The second-order valence-corrected chi connectivity index (χ2v) is 4.95. The van der Waals surface area contributed by atoms with Crippen molar-refractivity contribution in [2.24, 2.45) is 0 Å². The van der Waals surface area contributed by atoms with Crippen molar-refractivity contribution in [3.05, 3.63) is 21.3 Å². The Labute approximate surface area is 98.1 Å². The lowest BCUT2D eigenvalue weighted by Crippen LogP contribution is -2.39. The summed E-state index contributed by atoms with van der Waals surface area (Å²) in [6, 6.07) is 1.68. The molecule has 1 atom stereocenters. The highest BCUT2D eigenvalue weighted by molar-refractivity contribution is 7.12. The van der Waals surface area contributed by atoms with Crippen LogP contribution in [0.5, 0.6) is 0 Å². The Morgan fingerprint density at radius 3 is 2.87 bits per heavy atom. The van der Waals surface area contributed by atoms with Gasteiger partial charge < -0.3 is 10.4 Å². The first-order valence-electron chi connectivity index (χ1n) is 4.70. The standard InChI is InChI=1S/C10H14ClNO2S/c1-3-10(2,14)6-12-9(13)8-7(11)4-5-15-8/h4-5,14H,3,6H2,1-2H3,(H,12,13). The number of amides is 1. The van der Waals surface area contributed by atoms with Crippen LogP contribution in [0.3, 0.4) is 0 Å². The summed E-state index contributed by atoms with van der Waals surface area (Å²) in [5, 5.41) is 14.6. The maximum Gasteiger partial charge on any atom is 0.262 e. The zero-order valence-electron chi connectivity index (χ0n) is 8.71. The Morgan fingerprint density at radius 1 is 1.73 bits per heavy atom. The van der Waals surface area contributed by atoms with Gasteiger partial charge in [0.05, 0.1) is 10.6 Å². The Bertz CT molecular complexity index is 349. The third-order valence-corrected chi connectivity index (χ3v) is 3.56. The number of halogens is 1. The highest BCUT2D eigenvalue weighted by Gasteiger charge is 2.20. The molecule has 1 aromatic heterocycles. The van der Waals surface area contributed by atoms with Crippen LogP contribution in [0.15, 0.2) is 11.4 Å². The maximum absolute atomic E-state index is 11.6. The van der Waals surface area contributed by atoms with E-state index in [9.17, 15) is 9.90 Å². The van der Waals surface area contributed by atoms with Gasteiger partial charge in [0, 0.05) is 6.54 Å². The van der Waals surface area contributed by atoms with Crippen molar-refractivity contribution in [1.82, 2.24) is 5.32 Å². The van der Waals surface area contributed by atoms with E-state index in [1.807, 2.05) is 6.92 Å². The minimum Gasteiger partial charge on any atom is -0.388 e. The molecule has 1 amide bonds. The van der Waals surface area contributed by atoms with Gasteiger partial charge in [-0.1, -0.05) is 18.5 Å². The fraction of sp³-hybridized carbons (Fsp3) is 0.500. The van der Waals surface area contributed by atoms with Crippen LogP contribution in [0, 0.1) is 0 Å². The molecule has 0 bridgehead atoms. The van der Waals surface area contributed by atoms with Crippen LogP contribution in [0.25, 0.3) is 0 Å². The molecule has 1 heterocycles. The molecule has 0 saturated carbocycles. The Morgan fingerprint density at radius 2 is 2.40 bits per heavy atom. The van der Waals surface area contributed by atoms with Crippen molar-refractivity contribution in [3.63, 3.8) is 0 Å². The molecule has 0 spiro atoms. The van der Waals surface area contributed by atoms with Gasteiger partial charge in [0.1, 0.15) is 4.88 Å². The topological polar surface area (TPSA) is 49.3 Å². The largest absolute Gasteiger partial charge is 0.388 e. The molecule has 15 heavy (non-hydrogen) atoms. The van der Waals surface area contributed by atoms with Gasteiger partial charge in [0.25, 0.3) is 5.91 Å². The number of thiophene rings is 1. The number of aliphatic hydroxyl groups is 1. The molecule has 0 aliphatic carbocycles. The van der Waals surface area contributed by atoms with Gasteiger partial charge in [-0.15, -0.1) is 11.3 Å². The maximum atomic E-state index is 11.6. The van der Waals surface area contributed by atoms with E-state index < -0.39 is 5.60 Å². The molecule has 1 rings (SSSR count). The van der Waals surface area contributed by atoms with Crippen LogP contribution < -0.4 is 5.32 Å². The summed E-state index contributed by atoms with van der Waals surface area (Å²) in [5.41, 5.74) is -0.862. The lowest BCUT2D eigenvalue weighted by Gasteiger charge is -2.21. The fourth-order valence-electron chi connectivity index (χ4n) is 0.932. The minimum absolute atomic E-state index is 0.233. The Balaban J connectivity index is 2.55. The van der Waals surface area contributed by atoms with Crippen LogP contribution >= 0.6 is 22.9 Å². The molecule has 0 radical (unpaired) electrons. The van der Waals surface area contributed by atoms with E-state index in [0.717, 1.165) is 0 Å². The highest BCUT2D eigenvalue weighted by Crippen LogP contribution is 2.21. The first-order valence-corrected chi connectivity index (χ1v) is 5.95. The number of hydrogen-bond acceptors (Lipinski definition) is 3. The van der Waals surface area contributed by atoms with E-state index in [-0.39, 0.29) is 12.5 Å². The molecule has 0 fully saturated rings. The number of rotatable bonds is 4. The van der Waals surface area contributed by atoms with Crippen molar-refractivity contribution in [3.8, 4) is 0 Å². The normalized spacial score (nSPS) is 14.7. The summed E-state index contributed by atoms with van der Waals surface area (Å²) in [4.78, 5) is 12.1. The lowest BCUT2D eigenvalue weighted by atomic mass is 10.0. The smallest absolute Gasteiger partial charge is 0.262 e. The van der Waals surface area contributed by atoms with Crippen LogP contribution in [0.4, 0.5) is 0 Å². The van der Waals surface area contributed by atoms with Crippen LogP contribution in [0.1, 0.15) is 29.9 Å². The molecule has 0 aromatic carbocycles. The molecule has 0 aliphatic heterocycles. The van der Waals surface area contributed by atoms with Gasteiger partial charge in [0.2, 0.25) is 0 Å². The van der Waals surface area contributed by atoms with Gasteiger partial charge >= 0.3 is 0 Å². The molecule has 84 valence electrons. The van der Waals surface area contributed by atoms with Gasteiger partial charge in [-0.25, -0.2) is 0 Å². The monoisotopic (exact) mass is 247 g/mol. The van der Waals surface area contributed by atoms with Gasteiger partial charge in [-0.05, 0) is 24.8 Å². The summed E-state index contributed by atoms with van der Waals surface area (Å²) in [6.07, 6.45) is 0.589. The van der Waals surface area contributed by atoms with Crippen molar-refractivity contribution >= 4 is 28.8 Å². The number of carbonyl (C=O) groups excluding carboxylic acids is 1. The van der Waals surface area contributed by atoms with Crippen molar-refractivity contribution in [2.75, 3.05) is 6.54 Å². The fourth-order valence-corrected chi connectivity index (χ4v) is 1.99. The zero-order valence-corrected chi connectivity index (χ0v) is 10.3. The number of hydrogen-bond donors (Lipinski definition) is 2. The van der Waals surface area contributed by atoms with E-state index in [2.05, 4.69) is 5.32 Å². The van der Waals surface area contributed by atoms with Crippen LogP contribution in [-0.4, -0.2) is 23.2 Å². The van der Waals surface area contributed by atoms with Gasteiger partial charge in [-0.3, -0.25) is 4.79 Å². The third kappa shape index (κ3) is 3.48. The zero-order chi connectivity index (χ0) is 11.5. The predicted molar refractivity (Wildman–Crippen MR) is 62.6 cm³/mol. The van der Waals surface area contributed by atoms with E-state index >= 15 is 0 Å². The number of carbonyl (C=O) groups is 1. The molecule has 1 unspecified atom stereocenters. The quantitative estimate of drug-likeness (QED) is 0.858.